The van der Waals surface area contributed by atoms with Crippen LogP contribution in [0.25, 0.3) is 20.7 Å². The maximum atomic E-state index is 14.2. The number of fused-ring (bicyclic) bond motifs is 1. The van der Waals surface area contributed by atoms with Crippen LogP contribution in [0.4, 0.5) is 30.6 Å². The van der Waals surface area contributed by atoms with E-state index in [1.165, 1.54) is 17.4 Å². The average molecular weight is 538 g/mol. The molecule has 196 valence electrons. The quantitative estimate of drug-likeness (QED) is 0.363. The van der Waals surface area contributed by atoms with Gasteiger partial charge < -0.3 is 15.5 Å². The van der Waals surface area contributed by atoms with Crippen LogP contribution in [0.15, 0.2) is 59.7 Å². The molecular weight excluding hydrogens is 511 g/mol. The lowest BCUT2D eigenvalue weighted by Gasteiger charge is -2.35. The SMILES string of the molecule is CN1CCN(c2ccc(-c3cc4nc(N)nc(N5N=CCC5c5ccccc5)c4s3)cc2C(F)(F)F)CC1. The Bertz CT molecular complexity index is 1490. The molecule has 0 bridgehead atoms. The summed E-state index contributed by atoms with van der Waals surface area (Å²) in [7, 11) is 1.98. The number of nitrogen functional groups attached to an aromatic ring is 1. The molecule has 2 aromatic carbocycles. The summed E-state index contributed by atoms with van der Waals surface area (Å²) in [5.74, 6) is 0.642. The zero-order valence-electron chi connectivity index (χ0n) is 20.7. The van der Waals surface area contributed by atoms with Gasteiger partial charge in [0.25, 0.3) is 0 Å². The number of rotatable bonds is 4. The van der Waals surface area contributed by atoms with Crippen LogP contribution in [-0.4, -0.2) is 54.3 Å². The number of thiophene rings is 1. The van der Waals surface area contributed by atoms with Crippen LogP contribution in [0.5, 0.6) is 0 Å². The standard InChI is InChI=1S/C27H26F3N7S/c1-35-11-13-36(14-12-35)22-8-7-18(15-19(22)27(28,29)30)23-16-20-24(38-23)25(34-26(31)33-20)37-21(9-10-32-37)17-5-3-2-4-6-17/h2-8,10,15-16,21H,9,11-14H2,1H3,(H2,31,33,34). The van der Waals surface area contributed by atoms with Gasteiger partial charge >= 0.3 is 6.18 Å². The van der Waals surface area contributed by atoms with Gasteiger partial charge in [-0.2, -0.15) is 23.3 Å². The molecule has 2 N–H and O–H groups in total. The highest BCUT2D eigenvalue weighted by Gasteiger charge is 2.36. The molecule has 1 atom stereocenters. The fraction of sp³-hybridized carbons (Fsp3) is 0.296. The number of likely N-dealkylation sites (N-methyl/N-ethyl adjacent to an activating group) is 1. The molecule has 6 rings (SSSR count). The fourth-order valence-corrected chi connectivity index (χ4v) is 6.11. The summed E-state index contributed by atoms with van der Waals surface area (Å²) in [4.78, 5) is 13.5. The minimum absolute atomic E-state index is 0.0565. The summed E-state index contributed by atoms with van der Waals surface area (Å²) < 4.78 is 43.4. The van der Waals surface area contributed by atoms with E-state index in [4.69, 9.17) is 5.73 Å². The van der Waals surface area contributed by atoms with E-state index in [1.807, 2.05) is 53.5 Å². The van der Waals surface area contributed by atoms with Crippen molar-refractivity contribution in [1.82, 2.24) is 14.9 Å². The van der Waals surface area contributed by atoms with Crippen molar-refractivity contribution in [2.45, 2.75) is 18.6 Å². The molecule has 4 heterocycles. The molecule has 2 aromatic heterocycles. The predicted octanol–water partition coefficient (Wildman–Crippen LogP) is 5.65. The third kappa shape index (κ3) is 4.56. The van der Waals surface area contributed by atoms with Crippen molar-refractivity contribution in [2.75, 3.05) is 48.9 Å². The zero-order valence-corrected chi connectivity index (χ0v) is 21.5. The van der Waals surface area contributed by atoms with Crippen molar-refractivity contribution in [3.63, 3.8) is 0 Å². The number of nitrogens with two attached hydrogens (primary N) is 1. The van der Waals surface area contributed by atoms with Gasteiger partial charge in [-0.05, 0) is 36.4 Å². The molecule has 0 aliphatic carbocycles. The molecular formula is C27H26F3N7S. The molecule has 0 radical (unpaired) electrons. The van der Waals surface area contributed by atoms with E-state index in [0.717, 1.165) is 23.4 Å². The van der Waals surface area contributed by atoms with Crippen molar-refractivity contribution in [3.05, 3.63) is 65.7 Å². The molecule has 0 amide bonds. The summed E-state index contributed by atoms with van der Waals surface area (Å²) >= 11 is 1.35. The number of hydrogen-bond acceptors (Lipinski definition) is 8. The van der Waals surface area contributed by atoms with Crippen LogP contribution >= 0.6 is 11.3 Å². The first-order chi connectivity index (χ1) is 18.3. The second kappa shape index (κ2) is 9.55. The maximum absolute atomic E-state index is 14.2. The molecule has 1 fully saturated rings. The number of aromatic nitrogens is 2. The Morgan fingerprint density at radius 1 is 0.974 bits per heavy atom. The second-order valence-electron chi connectivity index (χ2n) is 9.56. The molecule has 0 saturated carbocycles. The van der Waals surface area contributed by atoms with Crippen molar-refractivity contribution in [3.8, 4) is 10.4 Å². The van der Waals surface area contributed by atoms with Gasteiger partial charge in [0.2, 0.25) is 5.95 Å². The Kier molecular flexibility index (Phi) is 6.19. The smallest absolute Gasteiger partial charge is 0.368 e. The van der Waals surface area contributed by atoms with E-state index in [9.17, 15) is 13.2 Å². The number of hydrazone groups is 1. The van der Waals surface area contributed by atoms with Gasteiger partial charge in [0, 0.05) is 49.4 Å². The Labute approximate surface area is 222 Å². The third-order valence-electron chi connectivity index (χ3n) is 7.03. The van der Waals surface area contributed by atoms with Gasteiger partial charge in [-0.1, -0.05) is 36.4 Å². The first kappa shape index (κ1) is 24.6. The Morgan fingerprint density at radius 3 is 2.47 bits per heavy atom. The zero-order chi connectivity index (χ0) is 26.4. The average Bonchev–Trinajstić information content (AvgIpc) is 3.56. The van der Waals surface area contributed by atoms with Gasteiger partial charge in [-0.15, -0.1) is 11.3 Å². The van der Waals surface area contributed by atoms with Crippen molar-refractivity contribution in [1.29, 1.82) is 0 Å². The third-order valence-corrected chi connectivity index (χ3v) is 8.20. The first-order valence-electron chi connectivity index (χ1n) is 12.4. The van der Waals surface area contributed by atoms with Crippen LogP contribution in [0.1, 0.15) is 23.6 Å². The summed E-state index contributed by atoms with van der Waals surface area (Å²) in [6, 6.07) is 16.3. The normalized spacial score (nSPS) is 18.6. The minimum atomic E-state index is -4.48. The highest BCUT2D eigenvalue weighted by molar-refractivity contribution is 7.22. The largest absolute Gasteiger partial charge is 0.418 e. The minimum Gasteiger partial charge on any atom is -0.368 e. The van der Waals surface area contributed by atoms with Gasteiger partial charge in [0.05, 0.1) is 21.8 Å². The lowest BCUT2D eigenvalue weighted by molar-refractivity contribution is -0.137. The molecule has 2 aliphatic heterocycles. The molecule has 1 saturated heterocycles. The monoisotopic (exact) mass is 537 g/mol. The molecule has 0 spiro atoms. The Morgan fingerprint density at radius 2 is 1.74 bits per heavy atom. The van der Waals surface area contributed by atoms with Crippen molar-refractivity contribution in [2.24, 2.45) is 5.10 Å². The summed E-state index contributed by atoms with van der Waals surface area (Å²) in [6.07, 6.45) is -1.94. The number of hydrogen-bond donors (Lipinski definition) is 1. The molecule has 4 aromatic rings. The summed E-state index contributed by atoms with van der Waals surface area (Å²) in [5, 5.41) is 6.39. The Balaban J connectivity index is 1.41. The van der Waals surface area contributed by atoms with Gasteiger partial charge in [-0.25, -0.2) is 9.99 Å². The summed E-state index contributed by atoms with van der Waals surface area (Å²) in [5.41, 5.74) is 7.80. The lowest BCUT2D eigenvalue weighted by atomic mass is 10.0. The molecule has 38 heavy (non-hydrogen) atoms. The molecule has 1 unspecified atom stereocenters. The van der Waals surface area contributed by atoms with Gasteiger partial charge in [0.1, 0.15) is 0 Å². The van der Waals surface area contributed by atoms with Gasteiger partial charge in [0.15, 0.2) is 5.82 Å². The first-order valence-corrected chi connectivity index (χ1v) is 13.2. The maximum Gasteiger partial charge on any atom is 0.418 e. The van der Waals surface area contributed by atoms with Crippen LogP contribution in [0.3, 0.4) is 0 Å². The van der Waals surface area contributed by atoms with Crippen LogP contribution in [0.2, 0.25) is 0 Å². The number of benzene rings is 2. The number of anilines is 3. The lowest BCUT2D eigenvalue weighted by Crippen LogP contribution is -2.45. The van der Waals surface area contributed by atoms with Crippen LogP contribution < -0.4 is 15.6 Å². The predicted molar refractivity (Wildman–Crippen MR) is 147 cm³/mol. The number of nitrogens with zero attached hydrogens (tertiary/aromatic N) is 6. The molecule has 11 heteroatoms. The molecule has 2 aliphatic rings. The van der Waals surface area contributed by atoms with Crippen molar-refractivity contribution < 1.29 is 13.2 Å². The number of piperazine rings is 1. The summed E-state index contributed by atoms with van der Waals surface area (Å²) in [6.45, 7) is 2.56. The number of alkyl halides is 3. The van der Waals surface area contributed by atoms with E-state index in [-0.39, 0.29) is 17.7 Å². The van der Waals surface area contributed by atoms with E-state index in [1.54, 1.807) is 18.2 Å². The molecule has 7 nitrogen and oxygen atoms in total. The topological polar surface area (TPSA) is 73.9 Å². The van der Waals surface area contributed by atoms with Crippen LogP contribution in [0, 0.1) is 0 Å². The van der Waals surface area contributed by atoms with E-state index >= 15 is 0 Å². The second-order valence-corrected chi connectivity index (χ2v) is 10.6. The van der Waals surface area contributed by atoms with E-state index in [2.05, 4.69) is 20.0 Å². The van der Waals surface area contributed by atoms with E-state index < -0.39 is 11.7 Å². The van der Waals surface area contributed by atoms with Crippen molar-refractivity contribution >= 4 is 45.2 Å². The van der Waals surface area contributed by atoms with Gasteiger partial charge in [-0.3, -0.25) is 0 Å². The van der Waals surface area contributed by atoms with E-state index in [0.29, 0.717) is 41.3 Å². The highest BCUT2D eigenvalue weighted by atomic mass is 32.1. The highest BCUT2D eigenvalue weighted by Crippen LogP contribution is 2.44. The van der Waals surface area contributed by atoms with Crippen LogP contribution in [-0.2, 0) is 6.18 Å². The Hall–Kier alpha value is -3.70. The fourth-order valence-electron chi connectivity index (χ4n) is 5.04. The number of halogens is 3.